The summed E-state index contributed by atoms with van der Waals surface area (Å²) in [6, 6.07) is 10.4. The molecule has 0 heterocycles. The van der Waals surface area contributed by atoms with Gasteiger partial charge in [-0.15, -0.1) is 0 Å². The lowest BCUT2D eigenvalue weighted by Gasteiger charge is -2.23. The van der Waals surface area contributed by atoms with Gasteiger partial charge in [0.2, 0.25) is 0 Å². The molecule has 0 atom stereocenters. The minimum Gasteiger partial charge on any atom is -0.293 e. The summed E-state index contributed by atoms with van der Waals surface area (Å²) in [7, 11) is 0. The first-order valence-corrected chi connectivity index (χ1v) is 5.47. The van der Waals surface area contributed by atoms with E-state index in [4.69, 9.17) is 0 Å². The number of hydrogen-bond acceptors (Lipinski definition) is 1. The van der Waals surface area contributed by atoms with Crippen LogP contribution in [0.5, 0.6) is 0 Å². The van der Waals surface area contributed by atoms with E-state index in [9.17, 15) is 0 Å². The summed E-state index contributed by atoms with van der Waals surface area (Å²) in [4.78, 5) is 4.44. The van der Waals surface area contributed by atoms with Gasteiger partial charge < -0.3 is 0 Å². The minimum atomic E-state index is 0.841. The Kier molecular flexibility index (Phi) is 3.33. The van der Waals surface area contributed by atoms with Crippen molar-refractivity contribution in [3.63, 3.8) is 0 Å². The van der Waals surface area contributed by atoms with Crippen LogP contribution < -0.4 is 0 Å². The molecule has 0 unspecified atom stereocenters. The molecule has 0 radical (unpaired) electrons. The van der Waals surface area contributed by atoms with Crippen LogP contribution >= 0.6 is 0 Å². The number of aliphatic imine (C=N–C) groups is 1. The SMILES string of the molecule is C(CC1CCC1)=NCc1ccccc1. The predicted molar refractivity (Wildman–Crippen MR) is 60.6 cm³/mol. The minimum absolute atomic E-state index is 0.841. The zero-order valence-corrected chi connectivity index (χ0v) is 8.52. The smallest absolute Gasteiger partial charge is 0.0635 e. The molecule has 1 aromatic carbocycles. The number of benzene rings is 1. The Morgan fingerprint density at radius 2 is 2.00 bits per heavy atom. The van der Waals surface area contributed by atoms with E-state index in [1.54, 1.807) is 0 Å². The van der Waals surface area contributed by atoms with E-state index in [1.165, 1.54) is 31.2 Å². The largest absolute Gasteiger partial charge is 0.293 e. The van der Waals surface area contributed by atoms with Crippen LogP contribution in [-0.4, -0.2) is 6.21 Å². The number of rotatable bonds is 4. The maximum absolute atomic E-state index is 4.44. The standard InChI is InChI=1S/C13H17N/c1-2-5-13(6-3-1)11-14-10-9-12-7-4-8-12/h1-3,5-6,10,12H,4,7-9,11H2. The van der Waals surface area contributed by atoms with E-state index in [0.717, 1.165) is 12.5 Å². The fourth-order valence-corrected chi connectivity index (χ4v) is 1.71. The molecule has 0 aromatic heterocycles. The van der Waals surface area contributed by atoms with Gasteiger partial charge in [0.05, 0.1) is 6.54 Å². The summed E-state index contributed by atoms with van der Waals surface area (Å²) in [5.74, 6) is 0.939. The fourth-order valence-electron chi connectivity index (χ4n) is 1.71. The van der Waals surface area contributed by atoms with Gasteiger partial charge in [0.15, 0.2) is 0 Å². The zero-order chi connectivity index (χ0) is 9.64. The van der Waals surface area contributed by atoms with Gasteiger partial charge in [-0.1, -0.05) is 49.6 Å². The van der Waals surface area contributed by atoms with Crippen LogP contribution in [0.3, 0.4) is 0 Å². The van der Waals surface area contributed by atoms with Crippen LogP contribution in [0.1, 0.15) is 31.2 Å². The highest BCUT2D eigenvalue weighted by Crippen LogP contribution is 2.28. The second-order valence-corrected chi connectivity index (χ2v) is 4.04. The molecular formula is C13H17N. The van der Waals surface area contributed by atoms with E-state index >= 15 is 0 Å². The van der Waals surface area contributed by atoms with Crippen molar-refractivity contribution in [1.29, 1.82) is 0 Å². The van der Waals surface area contributed by atoms with Crippen LogP contribution in [0.25, 0.3) is 0 Å². The Labute approximate surface area is 85.9 Å². The Hall–Kier alpha value is -1.11. The summed E-state index contributed by atoms with van der Waals surface area (Å²) < 4.78 is 0. The van der Waals surface area contributed by atoms with Crippen molar-refractivity contribution in [2.24, 2.45) is 10.9 Å². The maximum atomic E-state index is 4.44. The molecule has 0 saturated heterocycles. The predicted octanol–water partition coefficient (Wildman–Crippen LogP) is 3.45. The topological polar surface area (TPSA) is 12.4 Å². The molecule has 1 aliphatic rings. The van der Waals surface area contributed by atoms with Crippen molar-refractivity contribution in [3.05, 3.63) is 35.9 Å². The lowest BCUT2D eigenvalue weighted by atomic mass is 9.83. The summed E-state index contributed by atoms with van der Waals surface area (Å²) in [5.41, 5.74) is 1.30. The van der Waals surface area contributed by atoms with Gasteiger partial charge in [0.25, 0.3) is 0 Å². The molecule has 2 rings (SSSR count). The second kappa shape index (κ2) is 4.94. The first-order chi connectivity index (χ1) is 6.95. The van der Waals surface area contributed by atoms with E-state index in [1.807, 2.05) is 6.07 Å². The van der Waals surface area contributed by atoms with Crippen LogP contribution in [0.15, 0.2) is 35.3 Å². The molecule has 0 bridgehead atoms. The highest BCUT2D eigenvalue weighted by molar-refractivity contribution is 5.57. The van der Waals surface area contributed by atoms with Gasteiger partial charge in [-0.25, -0.2) is 0 Å². The third-order valence-electron chi connectivity index (χ3n) is 2.91. The van der Waals surface area contributed by atoms with Crippen LogP contribution in [-0.2, 0) is 6.54 Å². The zero-order valence-electron chi connectivity index (χ0n) is 8.52. The average Bonchev–Trinajstić information content (AvgIpc) is 2.16. The lowest BCUT2D eigenvalue weighted by Crippen LogP contribution is -2.10. The highest BCUT2D eigenvalue weighted by Gasteiger charge is 2.15. The van der Waals surface area contributed by atoms with Crippen LogP contribution in [0.4, 0.5) is 0 Å². The van der Waals surface area contributed by atoms with Gasteiger partial charge in [0, 0.05) is 0 Å². The van der Waals surface area contributed by atoms with E-state index in [2.05, 4.69) is 35.5 Å². The summed E-state index contributed by atoms with van der Waals surface area (Å²) in [6.07, 6.45) is 7.55. The molecule has 1 heteroatoms. The molecule has 1 aromatic rings. The molecule has 1 fully saturated rings. The Bertz CT molecular complexity index is 285. The van der Waals surface area contributed by atoms with E-state index < -0.39 is 0 Å². The lowest BCUT2D eigenvalue weighted by molar-refractivity contribution is 0.329. The molecule has 0 aliphatic heterocycles. The molecule has 1 saturated carbocycles. The monoisotopic (exact) mass is 187 g/mol. The third kappa shape index (κ3) is 2.69. The van der Waals surface area contributed by atoms with Crippen LogP contribution in [0.2, 0.25) is 0 Å². The van der Waals surface area contributed by atoms with Gasteiger partial charge in [-0.05, 0) is 24.1 Å². The van der Waals surface area contributed by atoms with Gasteiger partial charge in [0.1, 0.15) is 0 Å². The summed E-state index contributed by atoms with van der Waals surface area (Å²) in [5, 5.41) is 0. The highest BCUT2D eigenvalue weighted by atomic mass is 14.7. The van der Waals surface area contributed by atoms with Crippen molar-refractivity contribution < 1.29 is 0 Å². The first kappa shape index (κ1) is 9.45. The van der Waals surface area contributed by atoms with Crippen molar-refractivity contribution >= 4 is 6.21 Å². The molecule has 0 amide bonds. The van der Waals surface area contributed by atoms with E-state index in [0.29, 0.717) is 0 Å². The van der Waals surface area contributed by atoms with Crippen LogP contribution in [0, 0.1) is 5.92 Å². The van der Waals surface area contributed by atoms with Gasteiger partial charge >= 0.3 is 0 Å². The Morgan fingerprint density at radius 3 is 2.64 bits per heavy atom. The normalized spacial score (nSPS) is 17.1. The number of hydrogen-bond donors (Lipinski definition) is 0. The van der Waals surface area contributed by atoms with Crippen molar-refractivity contribution in [1.82, 2.24) is 0 Å². The second-order valence-electron chi connectivity index (χ2n) is 4.04. The maximum Gasteiger partial charge on any atom is 0.0635 e. The van der Waals surface area contributed by atoms with Crippen molar-refractivity contribution in [2.45, 2.75) is 32.2 Å². The molecule has 0 spiro atoms. The first-order valence-electron chi connectivity index (χ1n) is 5.47. The Morgan fingerprint density at radius 1 is 1.21 bits per heavy atom. The number of nitrogens with zero attached hydrogens (tertiary/aromatic N) is 1. The fraction of sp³-hybridized carbons (Fsp3) is 0.462. The molecule has 1 aliphatic carbocycles. The Balaban J connectivity index is 1.71. The molecule has 14 heavy (non-hydrogen) atoms. The molecular weight excluding hydrogens is 170 g/mol. The third-order valence-corrected chi connectivity index (χ3v) is 2.91. The molecule has 1 nitrogen and oxygen atoms in total. The van der Waals surface area contributed by atoms with Crippen molar-refractivity contribution in [3.8, 4) is 0 Å². The molecule has 74 valence electrons. The average molecular weight is 187 g/mol. The molecule has 0 N–H and O–H groups in total. The van der Waals surface area contributed by atoms with E-state index in [-0.39, 0.29) is 0 Å². The van der Waals surface area contributed by atoms with Gasteiger partial charge in [-0.2, -0.15) is 0 Å². The summed E-state index contributed by atoms with van der Waals surface area (Å²) in [6.45, 7) is 0.841. The summed E-state index contributed by atoms with van der Waals surface area (Å²) >= 11 is 0. The van der Waals surface area contributed by atoms with Gasteiger partial charge in [-0.3, -0.25) is 4.99 Å². The van der Waals surface area contributed by atoms with Crippen molar-refractivity contribution in [2.75, 3.05) is 0 Å². The quantitative estimate of drug-likeness (QED) is 0.640.